The first-order chi connectivity index (χ1) is 59.8. The Morgan fingerprint density at radius 1 is 0.427 bits per heavy atom. The number of carbonyl (C=O) groups excluding carboxylic acids is 5. The standard InChI is InChI=1S/C19H14ClF2N3O2.C19H17ClN4O.C19H17FN4O.C18H11FN4O2.C16H11ClN2O2S/c1-11(21)19-17(22)3-2-14(25-19)7-18(26)12-4-13(20)6-15(5-12)27-16-8-23-10-24-9-16;1-13-3-4-23-16(5-13)9-19(25)14-6-15(20)8-17(7-14)24(2)18-10-21-12-22-11-18;1-13-4-3-5-15(23-13)9-19(25)14-6-7-17(20)18(8-14)24(2)16-10-21-12-22-11-16;19-14-1-2-23-15(6-14)7-18(24)13-3-12(8-20)4-16(5-13)25-17-9-21-11-22-10-17;17-12-6-11(15(20)9-16-19-4-5-22-16)7-14(8-12)21-13-2-1-3-18-10-13/h2-6,8-11H,7H2,1H3;2*3-8,10-12H,9H2,1-2H3;1-6,9-11H,7H2;1-8,10H,9H2. The van der Waals surface area contributed by atoms with Crippen LogP contribution in [0.5, 0.6) is 34.5 Å². The van der Waals surface area contributed by atoms with E-state index in [9.17, 15) is 41.5 Å². The highest BCUT2D eigenvalue weighted by Crippen LogP contribution is 2.33. The lowest BCUT2D eigenvalue weighted by atomic mass is 10.0. The molecule has 5 aromatic carbocycles. The zero-order valence-electron chi connectivity index (χ0n) is 66.4. The zero-order chi connectivity index (χ0) is 88.0. The number of anilines is 4. The molecule has 0 saturated heterocycles. The van der Waals surface area contributed by atoms with Crippen LogP contribution in [0, 0.1) is 42.6 Å². The Kier molecular flexibility index (Phi) is 32.3. The molecule has 0 amide bonds. The number of aryl methyl sites for hydroxylation is 2. The largest absolute Gasteiger partial charge is 0.456 e. The van der Waals surface area contributed by atoms with Gasteiger partial charge in [-0.1, -0.05) is 40.9 Å². The average Bonchev–Trinajstić information content (AvgIpc) is 0.877. The van der Waals surface area contributed by atoms with Crippen LogP contribution in [0.3, 0.4) is 0 Å². The van der Waals surface area contributed by atoms with E-state index in [1.54, 1.807) is 116 Å². The fourth-order valence-electron chi connectivity index (χ4n) is 11.5. The van der Waals surface area contributed by atoms with Crippen LogP contribution >= 0.6 is 46.1 Å². The van der Waals surface area contributed by atoms with Gasteiger partial charge in [0.25, 0.3) is 0 Å². The van der Waals surface area contributed by atoms with Gasteiger partial charge in [0.1, 0.15) is 82.6 Å². The van der Waals surface area contributed by atoms with Gasteiger partial charge in [-0.3, -0.25) is 48.9 Å². The third kappa shape index (κ3) is 27.4. The number of ether oxygens (including phenoxy) is 3. The number of halogens is 7. The van der Waals surface area contributed by atoms with Crippen molar-refractivity contribution in [2.45, 2.75) is 59.0 Å². The Morgan fingerprint density at radius 3 is 1.46 bits per heavy atom. The molecule has 25 nitrogen and oxygen atoms in total. The van der Waals surface area contributed by atoms with Crippen molar-refractivity contribution in [3.05, 3.63) is 380 Å². The summed E-state index contributed by atoms with van der Waals surface area (Å²) >= 11 is 19.8. The van der Waals surface area contributed by atoms with Gasteiger partial charge in [-0.25, -0.2) is 62.4 Å². The highest BCUT2D eigenvalue weighted by atomic mass is 35.5. The van der Waals surface area contributed by atoms with Crippen LogP contribution in [-0.2, 0) is 32.1 Å². The minimum atomic E-state index is -1.57. The first-order valence-electron chi connectivity index (χ1n) is 37.3. The number of nitriles is 1. The van der Waals surface area contributed by atoms with Crippen molar-refractivity contribution in [1.82, 2.24) is 69.8 Å². The van der Waals surface area contributed by atoms with Gasteiger partial charge >= 0.3 is 0 Å². The molecule has 0 spiro atoms. The van der Waals surface area contributed by atoms with Gasteiger partial charge < -0.3 is 24.0 Å². The van der Waals surface area contributed by atoms with E-state index in [2.05, 4.69) is 69.8 Å². The SMILES string of the molecule is CC(F)c1nc(CC(=O)c2cc(Cl)cc(Oc3cncnc3)c2)ccc1F.Cc1cccc(CC(=O)c2ccc(F)c(N(C)c3cncnc3)c2)n1.Cc1ccnc(CC(=O)c2cc(Cl)cc(N(C)c3cncnc3)c2)c1.N#Cc1cc(Oc2cncnc2)cc(C(=O)Cc2cc(F)ccn2)c1.O=C(Cc1nccs1)c1cc(Cl)cc(Oc2cccnc2)c1. The Balaban J connectivity index is 0.000000151. The maximum absolute atomic E-state index is 14.2. The van der Waals surface area contributed by atoms with Crippen molar-refractivity contribution >= 4 is 97.8 Å². The summed E-state index contributed by atoms with van der Waals surface area (Å²) in [5, 5.41) is 13.0. The molecule has 0 bridgehead atoms. The molecule has 0 fully saturated rings. The average molecular weight is 1740 g/mol. The smallest absolute Gasteiger partial charge is 0.169 e. The number of benzene rings is 5. The van der Waals surface area contributed by atoms with Gasteiger partial charge in [-0.05, 0) is 178 Å². The lowest BCUT2D eigenvalue weighted by Crippen LogP contribution is -2.13. The van der Waals surface area contributed by atoms with E-state index in [1.807, 2.05) is 73.6 Å². The number of carbonyl (C=O) groups is 5. The second kappa shape index (κ2) is 44.5. The van der Waals surface area contributed by atoms with Crippen molar-refractivity contribution in [2.75, 3.05) is 23.9 Å². The molecule has 622 valence electrons. The Hall–Kier alpha value is -14.8. The van der Waals surface area contributed by atoms with Crippen LogP contribution in [0.4, 0.5) is 40.3 Å². The van der Waals surface area contributed by atoms with E-state index in [-0.39, 0.29) is 94.8 Å². The van der Waals surface area contributed by atoms with E-state index < -0.39 is 23.6 Å². The molecule has 15 aromatic rings. The molecule has 0 radical (unpaired) electrons. The number of thiazole rings is 1. The molecular weight excluding hydrogens is 1670 g/mol. The Bertz CT molecular complexity index is 6250. The van der Waals surface area contributed by atoms with Gasteiger partial charge in [-0.2, -0.15) is 5.26 Å². The van der Waals surface area contributed by atoms with Crippen molar-refractivity contribution in [1.29, 1.82) is 5.26 Å². The molecule has 33 heteroatoms. The molecule has 0 aliphatic rings. The molecule has 1 unspecified atom stereocenters. The maximum Gasteiger partial charge on any atom is 0.169 e. The fourth-order valence-corrected chi connectivity index (χ4v) is 12.8. The van der Waals surface area contributed by atoms with E-state index in [4.69, 9.17) is 54.3 Å². The molecule has 0 N–H and O–H groups in total. The number of Topliss-reactive ketones (excluding diaryl/α,β-unsaturated/α-hetero) is 5. The van der Waals surface area contributed by atoms with Crippen LogP contribution in [0.25, 0.3) is 0 Å². The summed E-state index contributed by atoms with van der Waals surface area (Å²) in [6.07, 6.45) is 24.9. The molecule has 0 aliphatic carbocycles. The van der Waals surface area contributed by atoms with E-state index >= 15 is 0 Å². The Morgan fingerprint density at radius 2 is 0.919 bits per heavy atom. The summed E-state index contributed by atoms with van der Waals surface area (Å²) in [5.41, 5.74) is 8.47. The highest BCUT2D eigenvalue weighted by Gasteiger charge is 2.21. The second-order valence-electron chi connectivity index (χ2n) is 26.8. The number of rotatable bonds is 26. The molecule has 1 atom stereocenters. The van der Waals surface area contributed by atoms with E-state index in [0.29, 0.717) is 83.3 Å². The first kappa shape index (κ1) is 90.0. The highest BCUT2D eigenvalue weighted by molar-refractivity contribution is 7.09. The number of pyridine rings is 5. The second-order valence-corrected chi connectivity index (χ2v) is 29.1. The summed E-state index contributed by atoms with van der Waals surface area (Å²) in [4.78, 5) is 122. The van der Waals surface area contributed by atoms with Crippen LogP contribution in [0.15, 0.2) is 269 Å². The maximum atomic E-state index is 14.2. The minimum Gasteiger partial charge on any atom is -0.456 e. The topological polar surface area (TPSA) is 324 Å². The zero-order valence-corrected chi connectivity index (χ0v) is 69.5. The molecule has 10 heterocycles. The van der Waals surface area contributed by atoms with E-state index in [1.165, 1.54) is 135 Å². The Labute approximate surface area is 727 Å². The third-order valence-electron chi connectivity index (χ3n) is 17.4. The van der Waals surface area contributed by atoms with Gasteiger partial charge in [-0.15, -0.1) is 11.3 Å². The monoisotopic (exact) mass is 1740 g/mol. The predicted octanol–water partition coefficient (Wildman–Crippen LogP) is 20.0. The lowest BCUT2D eigenvalue weighted by molar-refractivity contribution is 0.0983. The van der Waals surface area contributed by atoms with Crippen molar-refractivity contribution in [3.8, 4) is 40.6 Å². The molecule has 15 rings (SSSR count). The minimum absolute atomic E-state index is 0.0282. The molecule has 0 saturated carbocycles. The summed E-state index contributed by atoms with van der Waals surface area (Å²) in [6, 6.07) is 43.4. The quantitative estimate of drug-likeness (QED) is 0.0359. The fraction of sp³-hybridized carbons (Fsp3) is 0.121. The number of nitrogens with zero attached hydrogens (tertiary/aromatic N) is 17. The molecular formula is C91H70Cl3F4N17O8S. The third-order valence-corrected chi connectivity index (χ3v) is 18.8. The summed E-state index contributed by atoms with van der Waals surface area (Å²) < 4.78 is 71.3. The lowest BCUT2D eigenvalue weighted by Gasteiger charge is -2.19. The van der Waals surface area contributed by atoms with Crippen molar-refractivity contribution < 1.29 is 55.7 Å². The van der Waals surface area contributed by atoms with Gasteiger partial charge in [0, 0.05) is 116 Å². The van der Waals surface area contributed by atoms with Crippen molar-refractivity contribution in [3.63, 3.8) is 0 Å². The van der Waals surface area contributed by atoms with Crippen LogP contribution < -0.4 is 24.0 Å². The number of ketones is 5. The summed E-state index contributed by atoms with van der Waals surface area (Å²) in [6.45, 7) is 5.04. The van der Waals surface area contributed by atoms with Crippen molar-refractivity contribution in [2.24, 2.45) is 0 Å². The van der Waals surface area contributed by atoms with E-state index in [0.717, 1.165) is 39.4 Å². The van der Waals surface area contributed by atoms with Gasteiger partial charge in [0.15, 0.2) is 40.4 Å². The van der Waals surface area contributed by atoms with Crippen LogP contribution in [-0.4, -0.2) is 113 Å². The molecule has 10 aromatic heterocycles. The van der Waals surface area contributed by atoms with Crippen LogP contribution in [0.1, 0.15) is 115 Å². The predicted molar refractivity (Wildman–Crippen MR) is 459 cm³/mol. The number of hydrogen-bond donors (Lipinski definition) is 0. The molecule has 0 aliphatic heterocycles. The number of hydrogen-bond acceptors (Lipinski definition) is 26. The van der Waals surface area contributed by atoms with Gasteiger partial charge in [0.05, 0.1) is 122 Å². The first-order valence-corrected chi connectivity index (χ1v) is 39.3. The van der Waals surface area contributed by atoms with Gasteiger partial charge in [0.2, 0.25) is 0 Å². The number of alkyl halides is 1. The molecule has 124 heavy (non-hydrogen) atoms. The summed E-state index contributed by atoms with van der Waals surface area (Å²) in [7, 11) is 3.58. The van der Waals surface area contributed by atoms with Crippen LogP contribution in [0.2, 0.25) is 15.1 Å². The summed E-state index contributed by atoms with van der Waals surface area (Å²) in [5.74, 6) is 0.0691. The number of aromatic nitrogens is 14. The normalized spacial score (nSPS) is 10.7.